The zero-order valence-electron chi connectivity index (χ0n) is 28.6. The van der Waals surface area contributed by atoms with Gasteiger partial charge >= 0.3 is 11.9 Å². The van der Waals surface area contributed by atoms with Crippen molar-refractivity contribution in [1.82, 2.24) is 10.8 Å². The minimum Gasteiger partial charge on any atom is -0.481 e. The molecule has 4 rings (SSSR count). The predicted octanol–water partition coefficient (Wildman–Crippen LogP) is 3.67. The van der Waals surface area contributed by atoms with Crippen LogP contribution >= 0.6 is 0 Å². The van der Waals surface area contributed by atoms with Gasteiger partial charge in [0.1, 0.15) is 5.92 Å². The van der Waals surface area contributed by atoms with Crippen molar-refractivity contribution < 1.29 is 49.1 Å². The summed E-state index contributed by atoms with van der Waals surface area (Å²) in [5.74, 6) is -6.80. The van der Waals surface area contributed by atoms with Crippen molar-refractivity contribution in [2.45, 2.75) is 140 Å². The molecule has 7 atom stereocenters. The average Bonchev–Trinajstić information content (AvgIpc) is 3.07. The van der Waals surface area contributed by atoms with Gasteiger partial charge in [-0.25, -0.2) is 5.48 Å². The smallest absolute Gasteiger partial charge is 0.307 e. The fraction of sp³-hybridized carbons (Fsp3) is 0.909. The lowest BCUT2D eigenvalue weighted by atomic mass is 9.67. The van der Waals surface area contributed by atoms with Crippen LogP contribution in [0, 0.1) is 55.2 Å². The van der Waals surface area contributed by atoms with Gasteiger partial charge in [0.05, 0.1) is 43.2 Å². The number of nitrogens with one attached hydrogen (secondary N) is 2. The fourth-order valence-corrected chi connectivity index (χ4v) is 8.79. The molecule has 0 aromatic carbocycles. The van der Waals surface area contributed by atoms with Gasteiger partial charge in [0.15, 0.2) is 0 Å². The Kier molecular flexibility index (Phi) is 13.7. The van der Waals surface area contributed by atoms with Gasteiger partial charge < -0.3 is 30.2 Å². The van der Waals surface area contributed by atoms with Gasteiger partial charge in [-0.15, -0.1) is 0 Å². The molecule has 0 saturated heterocycles. The van der Waals surface area contributed by atoms with Gasteiger partial charge in [0.25, 0.3) is 0 Å². The van der Waals surface area contributed by atoms with Gasteiger partial charge in [0, 0.05) is 40.2 Å². The quantitative estimate of drug-likeness (QED) is 0.121. The van der Waals surface area contributed by atoms with E-state index < -0.39 is 69.5 Å². The van der Waals surface area contributed by atoms with Crippen LogP contribution in [0.4, 0.5) is 0 Å². The first-order valence-corrected chi connectivity index (χ1v) is 17.9. The molecule has 7 unspecified atom stereocenters. The van der Waals surface area contributed by atoms with Crippen LogP contribution in [0.1, 0.15) is 104 Å². The molecule has 0 aromatic heterocycles. The van der Waals surface area contributed by atoms with E-state index in [1.165, 1.54) is 0 Å². The highest BCUT2D eigenvalue weighted by atomic mass is 16.6. The van der Waals surface area contributed by atoms with E-state index in [1.807, 2.05) is 0 Å². The van der Waals surface area contributed by atoms with Crippen LogP contribution in [0.5, 0.6) is 0 Å². The van der Waals surface area contributed by atoms with Crippen LogP contribution in [-0.2, 0) is 23.9 Å². The molecule has 0 radical (unpaired) electrons. The predicted molar refractivity (Wildman–Crippen MR) is 173 cm³/mol. The summed E-state index contributed by atoms with van der Waals surface area (Å²) < 4.78 is 12.5. The van der Waals surface area contributed by atoms with Gasteiger partial charge in [-0.05, 0) is 83.0 Å². The molecule has 4 fully saturated rings. The Labute approximate surface area is 286 Å². The lowest BCUT2D eigenvalue weighted by molar-refractivity contribution is -0.539. The largest absolute Gasteiger partial charge is 0.481 e. The van der Waals surface area contributed by atoms with E-state index in [9.17, 15) is 50.0 Å². The topological polar surface area (TPSA) is 241 Å². The summed E-state index contributed by atoms with van der Waals surface area (Å²) in [5.41, 5.74) is 1.98. The number of carbonyl (C=O) groups is 3. The van der Waals surface area contributed by atoms with Crippen LogP contribution in [-0.4, -0.2) is 92.7 Å². The lowest BCUT2D eigenvalue weighted by Crippen LogP contribution is -2.54. The van der Waals surface area contributed by atoms with E-state index >= 15 is 0 Å². The van der Waals surface area contributed by atoms with E-state index in [4.69, 9.17) is 9.47 Å². The average molecular weight is 699 g/mol. The molecule has 0 bridgehead atoms. The Balaban J connectivity index is 1.19. The molecule has 49 heavy (non-hydrogen) atoms. The third kappa shape index (κ3) is 10.1. The molecule has 4 aliphatic carbocycles. The minimum atomic E-state index is -1.19. The van der Waals surface area contributed by atoms with Crippen molar-refractivity contribution in [1.29, 1.82) is 0 Å². The molecular formula is C33H54N4O12. The van der Waals surface area contributed by atoms with E-state index in [-0.39, 0.29) is 42.4 Å². The fourth-order valence-electron chi connectivity index (χ4n) is 8.79. The first-order chi connectivity index (χ1) is 23.2. The molecule has 4 saturated carbocycles. The standard InChI is InChI=1S/C33H54N4O12/c1-33(2,17-48-21-13-9-19(10-14-21)29(35-43)27-23(31(39)40)5-3-7-25(27)36(44)45)18-49-22-15-11-20(12-16-22)34-30(38)28-24(32(41)42)6-4-8-26(28)37(46)47/h19-29,35,43H,3-18H2,1-2H3,(H,34,38)(H,39,40)(H,41,42). The first-order valence-electron chi connectivity index (χ1n) is 17.9. The molecule has 16 nitrogen and oxygen atoms in total. The zero-order chi connectivity index (χ0) is 35.9. The normalized spacial score (nSPS) is 34.8. The summed E-state index contributed by atoms with van der Waals surface area (Å²) in [6, 6.07) is -3.08. The minimum absolute atomic E-state index is 0.0174. The molecular weight excluding hydrogens is 644 g/mol. The monoisotopic (exact) mass is 698 g/mol. The molecule has 1 amide bonds. The highest BCUT2D eigenvalue weighted by Gasteiger charge is 2.51. The van der Waals surface area contributed by atoms with Crippen molar-refractivity contribution in [2.24, 2.45) is 35.0 Å². The van der Waals surface area contributed by atoms with Crippen LogP contribution in [0.2, 0.25) is 0 Å². The van der Waals surface area contributed by atoms with Gasteiger partial charge in [-0.2, -0.15) is 0 Å². The molecule has 278 valence electrons. The Hall–Kier alpha value is -2.95. The number of rotatable bonds is 15. The number of nitro groups is 2. The van der Waals surface area contributed by atoms with Gasteiger partial charge in [-0.3, -0.25) is 34.6 Å². The third-order valence-corrected chi connectivity index (χ3v) is 11.5. The van der Waals surface area contributed by atoms with Crippen LogP contribution in [0.3, 0.4) is 0 Å². The van der Waals surface area contributed by atoms with Crippen molar-refractivity contribution in [3.8, 4) is 0 Å². The number of ether oxygens (including phenoxy) is 2. The van der Waals surface area contributed by atoms with Crippen molar-refractivity contribution >= 4 is 17.8 Å². The van der Waals surface area contributed by atoms with E-state index in [2.05, 4.69) is 24.6 Å². The second-order valence-electron chi connectivity index (χ2n) is 15.5. The summed E-state index contributed by atoms with van der Waals surface area (Å²) in [6.07, 6.45) is 7.28. The van der Waals surface area contributed by atoms with Gasteiger partial charge in [-0.1, -0.05) is 13.8 Å². The van der Waals surface area contributed by atoms with E-state index in [1.54, 1.807) is 0 Å². The van der Waals surface area contributed by atoms with Gasteiger partial charge in [0.2, 0.25) is 18.0 Å². The van der Waals surface area contributed by atoms with Crippen LogP contribution in [0.25, 0.3) is 0 Å². The maximum Gasteiger partial charge on any atom is 0.307 e. The Morgan fingerprint density at radius 2 is 1.24 bits per heavy atom. The molecule has 0 aromatic rings. The number of carbonyl (C=O) groups excluding carboxylic acids is 1. The number of carboxylic acid groups (broad SMARTS) is 2. The van der Waals surface area contributed by atoms with Crippen LogP contribution < -0.4 is 10.8 Å². The zero-order valence-corrected chi connectivity index (χ0v) is 28.6. The maximum atomic E-state index is 13.1. The summed E-state index contributed by atoms with van der Waals surface area (Å²) in [7, 11) is 0. The molecule has 0 aliphatic heterocycles. The van der Waals surface area contributed by atoms with Crippen LogP contribution in [0.15, 0.2) is 0 Å². The molecule has 0 heterocycles. The third-order valence-electron chi connectivity index (χ3n) is 11.5. The second kappa shape index (κ2) is 17.3. The highest BCUT2D eigenvalue weighted by molar-refractivity contribution is 5.85. The first kappa shape index (κ1) is 38.8. The second-order valence-corrected chi connectivity index (χ2v) is 15.5. The van der Waals surface area contributed by atoms with Crippen molar-refractivity contribution in [3.63, 3.8) is 0 Å². The number of amides is 1. The van der Waals surface area contributed by atoms with E-state index in [0.29, 0.717) is 90.3 Å². The lowest BCUT2D eigenvalue weighted by Gasteiger charge is -2.41. The molecule has 0 spiro atoms. The number of hydroxylamine groups is 1. The SMILES string of the molecule is CC(C)(COC1CCC(NC(=O)C2C(C(=O)O)CCCC2[N+](=O)[O-])CC1)COC1CCC(C(NO)C2C(C(=O)O)CCCC2[N+](=O)[O-])CC1. The number of hydrogen-bond donors (Lipinski definition) is 5. The Morgan fingerprint density at radius 1 is 0.755 bits per heavy atom. The highest BCUT2D eigenvalue weighted by Crippen LogP contribution is 2.41. The summed E-state index contributed by atoms with van der Waals surface area (Å²) >= 11 is 0. The summed E-state index contributed by atoms with van der Waals surface area (Å²) in [6.45, 7) is 5.01. The summed E-state index contributed by atoms with van der Waals surface area (Å²) in [4.78, 5) is 59.3. The number of carboxylic acids is 2. The number of hydrogen-bond acceptors (Lipinski definition) is 11. The molecule has 5 N–H and O–H groups in total. The molecule has 16 heteroatoms. The maximum absolute atomic E-state index is 13.1. The number of nitrogens with zero attached hydrogens (tertiary/aromatic N) is 2. The van der Waals surface area contributed by atoms with E-state index in [0.717, 1.165) is 0 Å². The number of aliphatic carboxylic acids is 2. The Bertz CT molecular complexity index is 1130. The van der Waals surface area contributed by atoms with Crippen molar-refractivity contribution in [2.75, 3.05) is 13.2 Å². The summed E-state index contributed by atoms with van der Waals surface area (Å²) in [5, 5.41) is 55.7. The molecule has 4 aliphatic rings. The van der Waals surface area contributed by atoms with Crippen molar-refractivity contribution in [3.05, 3.63) is 20.2 Å². The Morgan fingerprint density at radius 3 is 1.73 bits per heavy atom.